The molecule has 0 saturated carbocycles. The Balaban J connectivity index is 0.000000618. The maximum absolute atomic E-state index is 11.2. The number of terminal acetylenes is 1. The number of benzene rings is 1. The molecule has 2 saturated heterocycles. The van der Waals surface area contributed by atoms with Gasteiger partial charge in [0.15, 0.2) is 0 Å². The van der Waals surface area contributed by atoms with E-state index in [9.17, 15) is 4.79 Å². The molecule has 5 nitrogen and oxygen atoms in total. The lowest BCUT2D eigenvalue weighted by atomic mass is 10.2. The number of hydrogen-bond acceptors (Lipinski definition) is 4. The molecule has 3 rings (SSSR count). The summed E-state index contributed by atoms with van der Waals surface area (Å²) in [5.41, 5.74) is 4.58. The van der Waals surface area contributed by atoms with Gasteiger partial charge in [0.2, 0.25) is 5.91 Å². The standard InChI is InChI=1S/C14H20N2O.C13H17ClN2.2C2H6/c1-5-6-12(2)11-13(3)15-7-9-16(10-8-15)14(4)17;1-11(2)15-7-9-16(10-8-15)13-6-4-3-5-12(13)14;2*1-2/h1,6,11H,7-10H2,2-4H3;3-6H,1,7-10H2,2H3;2*1-2H3/b12-6-,13-11+;;;. The second kappa shape index (κ2) is 19.3. The van der Waals surface area contributed by atoms with Crippen LogP contribution in [-0.2, 0) is 4.79 Å². The number of para-hydroxylation sites is 1. The van der Waals surface area contributed by atoms with Crippen LogP contribution in [0.5, 0.6) is 0 Å². The van der Waals surface area contributed by atoms with Gasteiger partial charge in [-0.25, -0.2) is 0 Å². The van der Waals surface area contributed by atoms with Gasteiger partial charge in [-0.2, -0.15) is 0 Å². The molecule has 6 heteroatoms. The summed E-state index contributed by atoms with van der Waals surface area (Å²) < 4.78 is 0. The van der Waals surface area contributed by atoms with E-state index < -0.39 is 0 Å². The summed E-state index contributed by atoms with van der Waals surface area (Å²) in [6.45, 7) is 27.2. The van der Waals surface area contributed by atoms with Crippen molar-refractivity contribution in [2.75, 3.05) is 57.3 Å². The number of carbonyl (C=O) groups is 1. The highest BCUT2D eigenvalue weighted by Gasteiger charge is 2.19. The van der Waals surface area contributed by atoms with Gasteiger partial charge in [-0.15, -0.1) is 6.42 Å². The molecule has 2 heterocycles. The van der Waals surface area contributed by atoms with Crippen LogP contribution in [0.15, 0.2) is 60.0 Å². The summed E-state index contributed by atoms with van der Waals surface area (Å²) in [4.78, 5) is 20.0. The highest BCUT2D eigenvalue weighted by Crippen LogP contribution is 2.26. The van der Waals surface area contributed by atoms with Crippen molar-refractivity contribution in [2.24, 2.45) is 0 Å². The smallest absolute Gasteiger partial charge is 0.219 e. The third-order valence-corrected chi connectivity index (χ3v) is 6.30. The summed E-state index contributed by atoms with van der Waals surface area (Å²) in [5.74, 6) is 2.68. The summed E-state index contributed by atoms with van der Waals surface area (Å²) >= 11 is 6.18. The van der Waals surface area contributed by atoms with E-state index in [1.54, 1.807) is 13.0 Å². The van der Waals surface area contributed by atoms with Crippen LogP contribution >= 0.6 is 11.6 Å². The fourth-order valence-electron chi connectivity index (χ4n) is 4.01. The van der Waals surface area contributed by atoms with E-state index in [0.717, 1.165) is 74.3 Å². The van der Waals surface area contributed by atoms with Gasteiger partial charge in [0.05, 0.1) is 10.7 Å². The monoisotopic (exact) mass is 528 g/mol. The first-order valence-corrected chi connectivity index (χ1v) is 13.8. The zero-order chi connectivity index (χ0) is 28.4. The quantitative estimate of drug-likeness (QED) is 0.322. The Morgan fingerprint density at radius 3 is 1.81 bits per heavy atom. The molecule has 2 fully saturated rings. The van der Waals surface area contributed by atoms with Crippen molar-refractivity contribution in [3.05, 3.63) is 65.0 Å². The van der Waals surface area contributed by atoms with Crippen molar-refractivity contribution in [1.82, 2.24) is 14.7 Å². The number of hydrogen-bond donors (Lipinski definition) is 0. The Morgan fingerprint density at radius 1 is 0.865 bits per heavy atom. The van der Waals surface area contributed by atoms with Crippen LogP contribution < -0.4 is 4.90 Å². The predicted molar refractivity (Wildman–Crippen MR) is 163 cm³/mol. The third kappa shape index (κ3) is 12.3. The van der Waals surface area contributed by atoms with Crippen molar-refractivity contribution in [1.29, 1.82) is 0 Å². The molecule has 0 spiro atoms. The van der Waals surface area contributed by atoms with E-state index in [1.807, 2.05) is 57.7 Å². The Labute approximate surface area is 232 Å². The fraction of sp³-hybridized carbons (Fsp3) is 0.516. The molecule has 2 aliphatic heterocycles. The Kier molecular flexibility index (Phi) is 17.8. The van der Waals surface area contributed by atoms with Crippen molar-refractivity contribution in [2.45, 2.75) is 55.4 Å². The lowest BCUT2D eigenvalue weighted by Crippen LogP contribution is -2.47. The molecule has 1 amide bonds. The van der Waals surface area contributed by atoms with Crippen LogP contribution in [0, 0.1) is 12.3 Å². The van der Waals surface area contributed by atoms with Gasteiger partial charge >= 0.3 is 0 Å². The summed E-state index contributed by atoms with van der Waals surface area (Å²) in [6.07, 6.45) is 9.07. The molecule has 0 bridgehead atoms. The number of halogens is 1. The van der Waals surface area contributed by atoms with Crippen LogP contribution in [0.3, 0.4) is 0 Å². The van der Waals surface area contributed by atoms with Crippen molar-refractivity contribution in [3.8, 4) is 12.3 Å². The number of piperazine rings is 2. The SMILES string of the molecule is C#C/C=C(C)\C=C(/C)N1CCN(C(C)=O)CC1.C=C(C)N1CCN(c2ccccc2Cl)CC1.CC.CC. The molecule has 0 N–H and O–H groups in total. The zero-order valence-electron chi connectivity index (χ0n) is 24.5. The van der Waals surface area contributed by atoms with Gasteiger partial charge in [0.1, 0.15) is 0 Å². The highest BCUT2D eigenvalue weighted by atomic mass is 35.5. The normalized spacial score (nSPS) is 15.7. The topological polar surface area (TPSA) is 30.0 Å². The predicted octanol–water partition coefficient (Wildman–Crippen LogP) is 6.68. The van der Waals surface area contributed by atoms with Gasteiger partial charge in [-0.1, -0.05) is 63.9 Å². The lowest BCUT2D eigenvalue weighted by Gasteiger charge is -2.37. The van der Waals surface area contributed by atoms with Crippen LogP contribution in [0.4, 0.5) is 5.69 Å². The number of nitrogens with zero attached hydrogens (tertiary/aromatic N) is 4. The Bertz CT molecular complexity index is 915. The minimum Gasteiger partial charge on any atom is -0.372 e. The molecule has 1 aromatic rings. The molecule has 206 valence electrons. The molecule has 37 heavy (non-hydrogen) atoms. The van der Waals surface area contributed by atoms with Crippen LogP contribution in [0.25, 0.3) is 0 Å². The van der Waals surface area contributed by atoms with Gasteiger partial charge in [0.25, 0.3) is 0 Å². The van der Waals surface area contributed by atoms with Gasteiger partial charge in [-0.3, -0.25) is 4.79 Å². The molecular weight excluding hydrogens is 480 g/mol. The van der Waals surface area contributed by atoms with Crippen LogP contribution in [-0.4, -0.2) is 73.0 Å². The molecular formula is C31H49ClN4O. The summed E-state index contributed by atoms with van der Waals surface area (Å²) in [7, 11) is 0. The second-order valence-electron chi connectivity index (χ2n) is 8.49. The molecule has 0 radical (unpaired) electrons. The summed E-state index contributed by atoms with van der Waals surface area (Å²) in [5, 5.41) is 0.839. The first-order valence-electron chi connectivity index (χ1n) is 13.4. The minimum absolute atomic E-state index is 0.162. The van der Waals surface area contributed by atoms with E-state index in [2.05, 4.69) is 53.2 Å². The highest BCUT2D eigenvalue weighted by molar-refractivity contribution is 6.33. The number of rotatable bonds is 4. The number of anilines is 1. The van der Waals surface area contributed by atoms with Crippen LogP contribution in [0.2, 0.25) is 5.02 Å². The van der Waals surface area contributed by atoms with E-state index in [1.165, 1.54) is 5.70 Å². The zero-order valence-corrected chi connectivity index (χ0v) is 25.2. The average molecular weight is 529 g/mol. The molecule has 0 atom stereocenters. The molecule has 0 unspecified atom stereocenters. The number of amides is 1. The van der Waals surface area contributed by atoms with Crippen molar-refractivity contribution >= 4 is 23.2 Å². The maximum Gasteiger partial charge on any atom is 0.219 e. The maximum atomic E-state index is 11.2. The Hall–Kier alpha value is -2.84. The largest absolute Gasteiger partial charge is 0.372 e. The molecule has 1 aromatic carbocycles. The van der Waals surface area contributed by atoms with Gasteiger partial charge in [-0.05, 0) is 50.6 Å². The fourth-order valence-corrected chi connectivity index (χ4v) is 4.26. The Morgan fingerprint density at radius 2 is 1.35 bits per heavy atom. The van der Waals surface area contributed by atoms with Crippen molar-refractivity contribution < 1.29 is 4.79 Å². The summed E-state index contributed by atoms with van der Waals surface area (Å²) in [6, 6.07) is 8.03. The van der Waals surface area contributed by atoms with E-state index in [0.29, 0.717) is 0 Å². The van der Waals surface area contributed by atoms with Crippen LogP contribution in [0.1, 0.15) is 55.4 Å². The first kappa shape index (κ1) is 34.2. The number of allylic oxidation sites excluding steroid dienone is 5. The minimum atomic E-state index is 0.162. The number of carbonyl (C=O) groups excluding carboxylic acids is 1. The van der Waals surface area contributed by atoms with E-state index >= 15 is 0 Å². The molecule has 0 aliphatic carbocycles. The van der Waals surface area contributed by atoms with E-state index in [4.69, 9.17) is 18.0 Å². The van der Waals surface area contributed by atoms with Gasteiger partial charge in [0, 0.05) is 70.7 Å². The average Bonchev–Trinajstić information content (AvgIpc) is 2.92. The third-order valence-electron chi connectivity index (χ3n) is 5.98. The first-order chi connectivity index (χ1) is 17.7. The molecule has 0 aromatic heterocycles. The molecule has 2 aliphatic rings. The lowest BCUT2D eigenvalue weighted by molar-refractivity contribution is -0.130. The van der Waals surface area contributed by atoms with Crippen molar-refractivity contribution in [3.63, 3.8) is 0 Å². The van der Waals surface area contributed by atoms with E-state index in [-0.39, 0.29) is 5.91 Å². The van der Waals surface area contributed by atoms with Gasteiger partial charge < -0.3 is 19.6 Å². The second-order valence-corrected chi connectivity index (χ2v) is 8.90.